The molecule has 0 aliphatic carbocycles. The Morgan fingerprint density at radius 3 is 2.45 bits per heavy atom. The highest BCUT2D eigenvalue weighted by Crippen LogP contribution is 2.25. The molecule has 0 spiro atoms. The zero-order valence-corrected chi connectivity index (χ0v) is 12.6. The number of Topliss-reactive ketones (excluding diaryl/α,β-unsaturated/α-hetero) is 1. The maximum absolute atomic E-state index is 11.6. The van der Waals surface area contributed by atoms with Gasteiger partial charge in [-0.1, -0.05) is 27.5 Å². The van der Waals surface area contributed by atoms with Crippen molar-refractivity contribution >= 4 is 33.3 Å². The van der Waals surface area contributed by atoms with Gasteiger partial charge < -0.3 is 4.74 Å². The molecule has 0 aliphatic rings. The molecular weight excluding hydrogens is 342 g/mol. The van der Waals surface area contributed by atoms with Crippen LogP contribution in [-0.2, 0) is 0 Å². The van der Waals surface area contributed by atoms with Crippen molar-refractivity contribution in [1.29, 1.82) is 5.26 Å². The molecule has 0 atom stereocenters. The van der Waals surface area contributed by atoms with Crippen molar-refractivity contribution in [3.05, 3.63) is 58.6 Å². The van der Waals surface area contributed by atoms with E-state index in [1.54, 1.807) is 42.5 Å². The van der Waals surface area contributed by atoms with Crippen molar-refractivity contribution < 1.29 is 9.53 Å². The van der Waals surface area contributed by atoms with E-state index in [1.807, 2.05) is 6.07 Å². The Labute approximate surface area is 129 Å². The summed E-state index contributed by atoms with van der Waals surface area (Å²) in [5.74, 6) is 0.965. The highest BCUT2D eigenvalue weighted by atomic mass is 79.9. The van der Waals surface area contributed by atoms with Gasteiger partial charge in [-0.2, -0.15) is 5.26 Å². The topological polar surface area (TPSA) is 50.1 Å². The van der Waals surface area contributed by atoms with Crippen LogP contribution in [0.25, 0.3) is 0 Å². The maximum atomic E-state index is 11.6. The van der Waals surface area contributed by atoms with Gasteiger partial charge in [0.05, 0.1) is 10.9 Å². The fourth-order valence-electron chi connectivity index (χ4n) is 1.63. The summed E-state index contributed by atoms with van der Waals surface area (Å²) >= 11 is 8.88. The number of ether oxygens (including phenoxy) is 1. The van der Waals surface area contributed by atoms with Gasteiger partial charge in [0.2, 0.25) is 0 Å². The van der Waals surface area contributed by atoms with E-state index in [2.05, 4.69) is 15.9 Å². The second-order valence-corrected chi connectivity index (χ2v) is 4.93. The Morgan fingerprint density at radius 2 is 1.85 bits per heavy atom. The van der Waals surface area contributed by atoms with Gasteiger partial charge in [0.1, 0.15) is 17.6 Å². The van der Waals surface area contributed by atoms with Crippen molar-refractivity contribution in [1.82, 2.24) is 0 Å². The van der Waals surface area contributed by atoms with Gasteiger partial charge in [0.15, 0.2) is 5.78 Å². The van der Waals surface area contributed by atoms with Crippen LogP contribution in [0, 0.1) is 11.3 Å². The third-order valence-corrected chi connectivity index (χ3v) is 3.34. The van der Waals surface area contributed by atoms with Gasteiger partial charge in [-0.3, -0.25) is 4.79 Å². The van der Waals surface area contributed by atoms with E-state index < -0.39 is 0 Å². The number of carbonyl (C=O) groups is 1. The molecule has 0 saturated carbocycles. The molecule has 0 fully saturated rings. The molecule has 0 aliphatic heterocycles. The molecule has 20 heavy (non-hydrogen) atoms. The Kier molecular flexibility index (Phi) is 4.78. The number of halogens is 2. The molecule has 5 heteroatoms. The van der Waals surface area contributed by atoms with Crippen molar-refractivity contribution in [2.24, 2.45) is 0 Å². The Hall–Kier alpha value is -1.83. The maximum Gasteiger partial charge on any atom is 0.174 e. The summed E-state index contributed by atoms with van der Waals surface area (Å²) in [6, 6.07) is 13.7. The molecule has 0 bridgehead atoms. The SMILES string of the molecule is N#Cc1cc(Oc2ccc(Cl)cc2)ccc1C(=O)CBr. The minimum atomic E-state index is -0.139. The summed E-state index contributed by atoms with van der Waals surface area (Å²) in [6.07, 6.45) is 0. The molecule has 0 N–H and O–H groups in total. The van der Waals surface area contributed by atoms with Gasteiger partial charge in [0, 0.05) is 10.6 Å². The van der Waals surface area contributed by atoms with Gasteiger partial charge in [-0.25, -0.2) is 0 Å². The standard InChI is InChI=1S/C15H9BrClNO2/c16-8-15(19)14-6-5-13(7-10(14)9-18)20-12-3-1-11(17)2-4-12/h1-7H,8H2. The van der Waals surface area contributed by atoms with Crippen molar-refractivity contribution in [3.63, 3.8) is 0 Å². The summed E-state index contributed by atoms with van der Waals surface area (Å²) in [5.41, 5.74) is 0.675. The Morgan fingerprint density at radius 1 is 1.20 bits per heavy atom. The number of rotatable bonds is 4. The highest BCUT2D eigenvalue weighted by Gasteiger charge is 2.11. The molecule has 2 aromatic carbocycles. The number of benzene rings is 2. The fourth-order valence-corrected chi connectivity index (χ4v) is 2.06. The third-order valence-electron chi connectivity index (χ3n) is 2.58. The van der Waals surface area contributed by atoms with Crippen LogP contribution in [0.1, 0.15) is 15.9 Å². The monoisotopic (exact) mass is 349 g/mol. The minimum Gasteiger partial charge on any atom is -0.457 e. The lowest BCUT2D eigenvalue weighted by Gasteiger charge is -2.08. The molecule has 0 heterocycles. The van der Waals surface area contributed by atoms with E-state index in [9.17, 15) is 4.79 Å². The van der Waals surface area contributed by atoms with Crippen LogP contribution < -0.4 is 4.74 Å². The number of hydrogen-bond donors (Lipinski definition) is 0. The van der Waals surface area contributed by atoms with E-state index in [0.29, 0.717) is 27.6 Å². The zero-order chi connectivity index (χ0) is 14.5. The molecule has 0 saturated heterocycles. The fraction of sp³-hybridized carbons (Fsp3) is 0.0667. The molecule has 0 aromatic heterocycles. The molecule has 2 aromatic rings. The average Bonchev–Trinajstić information content (AvgIpc) is 2.48. The molecule has 0 amide bonds. The lowest BCUT2D eigenvalue weighted by atomic mass is 10.1. The number of nitriles is 1. The summed E-state index contributed by atoms with van der Waals surface area (Å²) in [6.45, 7) is 0. The summed E-state index contributed by atoms with van der Waals surface area (Å²) in [5, 5.41) is 9.90. The first kappa shape index (κ1) is 14.6. The third kappa shape index (κ3) is 3.38. The van der Waals surface area contributed by atoms with Gasteiger partial charge in [-0.15, -0.1) is 0 Å². The summed E-state index contributed by atoms with van der Waals surface area (Å²) < 4.78 is 5.61. The first-order valence-corrected chi connectivity index (χ1v) is 7.20. The van der Waals surface area contributed by atoms with Gasteiger partial charge >= 0.3 is 0 Å². The van der Waals surface area contributed by atoms with Crippen LogP contribution in [0.3, 0.4) is 0 Å². The minimum absolute atomic E-state index is 0.139. The summed E-state index contributed by atoms with van der Waals surface area (Å²) in [7, 11) is 0. The van der Waals surface area contributed by atoms with Crippen LogP contribution in [0.4, 0.5) is 0 Å². The van der Waals surface area contributed by atoms with Crippen molar-refractivity contribution in [2.75, 3.05) is 5.33 Å². The van der Waals surface area contributed by atoms with Gasteiger partial charge in [-0.05, 0) is 42.5 Å². The van der Waals surface area contributed by atoms with Crippen LogP contribution in [0.2, 0.25) is 5.02 Å². The first-order valence-electron chi connectivity index (χ1n) is 5.71. The van der Waals surface area contributed by atoms with Crippen LogP contribution in [-0.4, -0.2) is 11.1 Å². The van der Waals surface area contributed by atoms with Crippen LogP contribution >= 0.6 is 27.5 Å². The first-order chi connectivity index (χ1) is 9.63. The molecular formula is C15H9BrClNO2. The summed E-state index contributed by atoms with van der Waals surface area (Å²) in [4.78, 5) is 11.6. The predicted octanol–water partition coefficient (Wildman–Crippen LogP) is 4.58. The number of nitrogens with zero attached hydrogens (tertiary/aromatic N) is 1. The lowest BCUT2D eigenvalue weighted by Crippen LogP contribution is -2.03. The van der Waals surface area contributed by atoms with E-state index in [0.717, 1.165) is 0 Å². The van der Waals surface area contributed by atoms with E-state index in [4.69, 9.17) is 21.6 Å². The number of hydrogen-bond acceptors (Lipinski definition) is 3. The number of carbonyl (C=O) groups excluding carboxylic acids is 1. The van der Waals surface area contributed by atoms with Crippen molar-refractivity contribution in [3.8, 4) is 17.6 Å². The average molecular weight is 351 g/mol. The normalized spacial score (nSPS) is 9.85. The molecule has 3 nitrogen and oxygen atoms in total. The number of alkyl halides is 1. The Balaban J connectivity index is 2.28. The van der Waals surface area contributed by atoms with Crippen molar-refractivity contribution in [2.45, 2.75) is 0 Å². The highest BCUT2D eigenvalue weighted by molar-refractivity contribution is 9.09. The van der Waals surface area contributed by atoms with E-state index >= 15 is 0 Å². The second kappa shape index (κ2) is 6.56. The van der Waals surface area contributed by atoms with E-state index in [1.165, 1.54) is 0 Å². The zero-order valence-electron chi connectivity index (χ0n) is 10.3. The van der Waals surface area contributed by atoms with Crippen LogP contribution in [0.15, 0.2) is 42.5 Å². The largest absolute Gasteiger partial charge is 0.457 e. The number of ketones is 1. The smallest absolute Gasteiger partial charge is 0.174 e. The molecule has 100 valence electrons. The quantitative estimate of drug-likeness (QED) is 0.599. The molecule has 2 rings (SSSR count). The molecule has 0 radical (unpaired) electrons. The van der Waals surface area contributed by atoms with E-state index in [-0.39, 0.29) is 11.1 Å². The van der Waals surface area contributed by atoms with Crippen LogP contribution in [0.5, 0.6) is 11.5 Å². The lowest BCUT2D eigenvalue weighted by molar-refractivity contribution is 0.102. The predicted molar refractivity (Wildman–Crippen MR) is 80.8 cm³/mol. The Bertz CT molecular complexity index is 677. The van der Waals surface area contributed by atoms with Gasteiger partial charge in [0.25, 0.3) is 0 Å². The second-order valence-electron chi connectivity index (χ2n) is 3.93. The molecule has 0 unspecified atom stereocenters.